The van der Waals surface area contributed by atoms with Gasteiger partial charge in [0.2, 0.25) is 0 Å². The van der Waals surface area contributed by atoms with Crippen LogP contribution < -0.4 is 15.2 Å². The molecule has 2 aromatic rings. The molecule has 0 saturated heterocycles. The molecule has 0 saturated carbocycles. The minimum Gasteiger partial charge on any atom is -0.493 e. The Morgan fingerprint density at radius 2 is 1.62 bits per heavy atom. The monoisotopic (exact) mass is 293 g/mol. The fourth-order valence-corrected chi connectivity index (χ4v) is 1.74. The van der Waals surface area contributed by atoms with Gasteiger partial charge in [-0.15, -0.1) is 0 Å². The fraction of sp³-hybridized carbons (Fsp3) is 0.250. The van der Waals surface area contributed by atoms with E-state index in [1.165, 1.54) is 0 Å². The van der Waals surface area contributed by atoms with Crippen LogP contribution in [0.15, 0.2) is 42.5 Å². The topological polar surface area (TPSA) is 44.5 Å². The van der Waals surface area contributed by atoms with Crippen LogP contribution in [0, 0.1) is 11.6 Å². The summed E-state index contributed by atoms with van der Waals surface area (Å²) in [6.45, 7) is 1.17. The zero-order valence-electron chi connectivity index (χ0n) is 11.5. The van der Waals surface area contributed by atoms with E-state index < -0.39 is 11.6 Å². The highest BCUT2D eigenvalue weighted by Crippen LogP contribution is 2.18. The molecule has 0 aliphatic carbocycles. The molecule has 21 heavy (non-hydrogen) atoms. The number of nitrogens with two attached hydrogens (primary N) is 1. The fourth-order valence-electron chi connectivity index (χ4n) is 1.74. The molecule has 0 atom stereocenters. The summed E-state index contributed by atoms with van der Waals surface area (Å²) in [4.78, 5) is 0. The lowest BCUT2D eigenvalue weighted by Gasteiger charge is -2.09. The molecule has 0 radical (unpaired) electrons. The Morgan fingerprint density at radius 1 is 0.905 bits per heavy atom. The van der Waals surface area contributed by atoms with E-state index in [0.29, 0.717) is 19.6 Å². The van der Waals surface area contributed by atoms with Crippen molar-refractivity contribution in [3.8, 4) is 11.5 Å². The quantitative estimate of drug-likeness (QED) is 0.797. The third-order valence-electron chi connectivity index (χ3n) is 2.87. The summed E-state index contributed by atoms with van der Waals surface area (Å²) in [5.74, 6) is -0.441. The van der Waals surface area contributed by atoms with E-state index in [1.807, 2.05) is 24.3 Å². The SMILES string of the molecule is NCc1ccc(OCCCOc2cc(F)ccc2F)cc1. The van der Waals surface area contributed by atoms with Crippen LogP contribution in [0.25, 0.3) is 0 Å². The van der Waals surface area contributed by atoms with Gasteiger partial charge in [0.05, 0.1) is 13.2 Å². The predicted octanol–water partition coefficient (Wildman–Crippen LogP) is 3.27. The van der Waals surface area contributed by atoms with Crippen molar-refractivity contribution in [1.82, 2.24) is 0 Å². The summed E-state index contributed by atoms with van der Waals surface area (Å²) in [5, 5.41) is 0. The molecule has 0 fully saturated rings. The van der Waals surface area contributed by atoms with Crippen molar-refractivity contribution < 1.29 is 18.3 Å². The Morgan fingerprint density at radius 3 is 2.33 bits per heavy atom. The minimum absolute atomic E-state index is 0.0812. The molecule has 2 rings (SSSR count). The summed E-state index contributed by atoms with van der Waals surface area (Å²) in [5.41, 5.74) is 6.54. The van der Waals surface area contributed by atoms with Crippen molar-refractivity contribution in [2.45, 2.75) is 13.0 Å². The van der Waals surface area contributed by atoms with E-state index in [-0.39, 0.29) is 12.4 Å². The standard InChI is InChI=1S/C16H17F2NO2/c17-13-4-7-15(18)16(10-13)21-9-1-8-20-14-5-2-12(11-19)3-6-14/h2-7,10H,1,8-9,11,19H2. The molecule has 0 unspecified atom stereocenters. The molecule has 0 bridgehead atoms. The lowest BCUT2D eigenvalue weighted by molar-refractivity contribution is 0.240. The second-order valence-corrected chi connectivity index (χ2v) is 4.47. The molecule has 0 heterocycles. The molecule has 2 aromatic carbocycles. The van der Waals surface area contributed by atoms with E-state index in [2.05, 4.69) is 0 Å². The van der Waals surface area contributed by atoms with Crippen molar-refractivity contribution in [3.63, 3.8) is 0 Å². The first-order chi connectivity index (χ1) is 10.2. The van der Waals surface area contributed by atoms with Crippen LogP contribution >= 0.6 is 0 Å². The van der Waals surface area contributed by atoms with Crippen LogP contribution in [-0.4, -0.2) is 13.2 Å². The zero-order valence-corrected chi connectivity index (χ0v) is 11.5. The van der Waals surface area contributed by atoms with Crippen LogP contribution in [0.3, 0.4) is 0 Å². The van der Waals surface area contributed by atoms with Gasteiger partial charge in [0.25, 0.3) is 0 Å². The molecule has 0 aliphatic heterocycles. The van der Waals surface area contributed by atoms with Gasteiger partial charge in [0, 0.05) is 19.0 Å². The highest BCUT2D eigenvalue weighted by Gasteiger charge is 2.04. The molecular formula is C16H17F2NO2. The van der Waals surface area contributed by atoms with Gasteiger partial charge in [-0.05, 0) is 29.8 Å². The van der Waals surface area contributed by atoms with Crippen LogP contribution in [0.5, 0.6) is 11.5 Å². The average molecular weight is 293 g/mol. The summed E-state index contributed by atoms with van der Waals surface area (Å²) < 4.78 is 36.9. The van der Waals surface area contributed by atoms with Gasteiger partial charge < -0.3 is 15.2 Å². The van der Waals surface area contributed by atoms with E-state index in [9.17, 15) is 8.78 Å². The summed E-state index contributed by atoms with van der Waals surface area (Å²) in [6, 6.07) is 10.6. The predicted molar refractivity (Wildman–Crippen MR) is 76.3 cm³/mol. The van der Waals surface area contributed by atoms with E-state index in [0.717, 1.165) is 29.5 Å². The molecule has 3 nitrogen and oxygen atoms in total. The third-order valence-corrected chi connectivity index (χ3v) is 2.87. The van der Waals surface area contributed by atoms with Crippen LogP contribution in [0.4, 0.5) is 8.78 Å². The minimum atomic E-state index is -0.574. The average Bonchev–Trinajstić information content (AvgIpc) is 2.51. The van der Waals surface area contributed by atoms with Gasteiger partial charge in [-0.25, -0.2) is 8.78 Å². The number of hydrogen-bond donors (Lipinski definition) is 1. The maximum Gasteiger partial charge on any atom is 0.165 e. The largest absolute Gasteiger partial charge is 0.493 e. The maximum absolute atomic E-state index is 13.3. The summed E-state index contributed by atoms with van der Waals surface area (Å²) >= 11 is 0. The first kappa shape index (κ1) is 15.3. The van der Waals surface area contributed by atoms with Crippen molar-refractivity contribution in [3.05, 3.63) is 59.7 Å². The number of hydrogen-bond acceptors (Lipinski definition) is 3. The number of rotatable bonds is 7. The molecule has 5 heteroatoms. The van der Waals surface area contributed by atoms with Crippen LogP contribution in [-0.2, 0) is 6.54 Å². The first-order valence-electron chi connectivity index (χ1n) is 6.68. The maximum atomic E-state index is 13.3. The number of ether oxygens (including phenoxy) is 2. The Labute approximate surface area is 122 Å². The second kappa shape index (κ2) is 7.59. The third kappa shape index (κ3) is 4.72. The van der Waals surface area contributed by atoms with Crippen molar-refractivity contribution in [2.24, 2.45) is 5.73 Å². The van der Waals surface area contributed by atoms with Gasteiger partial charge in [-0.1, -0.05) is 12.1 Å². The summed E-state index contributed by atoms with van der Waals surface area (Å²) in [6.07, 6.45) is 0.564. The van der Waals surface area contributed by atoms with Gasteiger partial charge in [-0.2, -0.15) is 0 Å². The molecule has 2 N–H and O–H groups in total. The van der Waals surface area contributed by atoms with E-state index >= 15 is 0 Å². The van der Waals surface area contributed by atoms with Gasteiger partial charge in [0.15, 0.2) is 11.6 Å². The van der Waals surface area contributed by atoms with Gasteiger partial charge in [0.1, 0.15) is 11.6 Å². The Kier molecular flexibility index (Phi) is 5.51. The van der Waals surface area contributed by atoms with Gasteiger partial charge in [-0.3, -0.25) is 0 Å². The Bertz CT molecular complexity index is 573. The van der Waals surface area contributed by atoms with Crippen molar-refractivity contribution in [1.29, 1.82) is 0 Å². The lowest BCUT2D eigenvalue weighted by atomic mass is 10.2. The normalized spacial score (nSPS) is 10.4. The van der Waals surface area contributed by atoms with E-state index in [4.69, 9.17) is 15.2 Å². The molecular weight excluding hydrogens is 276 g/mol. The zero-order chi connectivity index (χ0) is 15.1. The molecule has 0 amide bonds. The molecule has 0 aliphatic rings. The number of halogens is 2. The van der Waals surface area contributed by atoms with Gasteiger partial charge >= 0.3 is 0 Å². The van der Waals surface area contributed by atoms with Crippen molar-refractivity contribution in [2.75, 3.05) is 13.2 Å². The summed E-state index contributed by atoms with van der Waals surface area (Å²) in [7, 11) is 0. The van der Waals surface area contributed by atoms with Crippen molar-refractivity contribution >= 4 is 0 Å². The Hall–Kier alpha value is -2.14. The highest BCUT2D eigenvalue weighted by molar-refractivity contribution is 5.27. The second-order valence-electron chi connectivity index (χ2n) is 4.47. The molecule has 0 spiro atoms. The molecule has 112 valence electrons. The lowest BCUT2D eigenvalue weighted by Crippen LogP contribution is -2.06. The van der Waals surface area contributed by atoms with Crippen LogP contribution in [0.1, 0.15) is 12.0 Å². The number of benzene rings is 2. The highest BCUT2D eigenvalue weighted by atomic mass is 19.1. The smallest absolute Gasteiger partial charge is 0.165 e. The Balaban J connectivity index is 1.71. The van der Waals surface area contributed by atoms with E-state index in [1.54, 1.807) is 0 Å². The molecule has 0 aromatic heterocycles. The first-order valence-corrected chi connectivity index (χ1v) is 6.68. The van der Waals surface area contributed by atoms with Crippen LogP contribution in [0.2, 0.25) is 0 Å².